The van der Waals surface area contributed by atoms with Crippen LogP contribution >= 0.6 is 0 Å². The summed E-state index contributed by atoms with van der Waals surface area (Å²) in [6.07, 6.45) is 1.91. The first-order valence-corrected chi connectivity index (χ1v) is 7.34. The Bertz CT molecular complexity index is 430. The Labute approximate surface area is 134 Å². The third-order valence-corrected chi connectivity index (χ3v) is 3.98. The maximum atomic E-state index is 11.6. The summed E-state index contributed by atoms with van der Waals surface area (Å²) in [6.45, 7) is 12.6. The molecule has 0 amide bonds. The molecule has 0 N–H and O–H groups in total. The lowest BCUT2D eigenvalue weighted by atomic mass is 10.1. The second kappa shape index (κ2) is 9.59. The maximum Gasteiger partial charge on any atom is 0.334 e. The zero-order valence-corrected chi connectivity index (χ0v) is 14.0. The molecule has 118 valence electrons. The van der Waals surface area contributed by atoms with Crippen LogP contribution < -0.4 is 12.4 Å². The van der Waals surface area contributed by atoms with Crippen LogP contribution in [-0.2, 0) is 16.1 Å². The van der Waals surface area contributed by atoms with E-state index < -0.39 is 0 Å². The normalized spacial score (nSPS) is 12.1. The van der Waals surface area contributed by atoms with Gasteiger partial charge in [0.15, 0.2) is 0 Å². The number of carbonyl (C=O) groups excluding carboxylic acids is 1. The lowest BCUT2D eigenvalue weighted by Gasteiger charge is -2.42. The first-order valence-electron chi connectivity index (χ1n) is 7.34. The average Bonchev–Trinajstić information content (AvgIpc) is 2.51. The lowest BCUT2D eigenvalue weighted by Crippen LogP contribution is -3.00. The molecule has 0 bridgehead atoms. The van der Waals surface area contributed by atoms with E-state index in [2.05, 4.69) is 39.5 Å². The van der Waals surface area contributed by atoms with E-state index in [4.69, 9.17) is 4.74 Å². The highest BCUT2D eigenvalue weighted by Gasteiger charge is 2.35. The van der Waals surface area contributed by atoms with Gasteiger partial charge in [0.2, 0.25) is 6.23 Å². The molecular weight excluding hydrogens is 286 g/mol. The molecule has 0 aromatic heterocycles. The van der Waals surface area contributed by atoms with Crippen molar-refractivity contribution in [3.8, 4) is 0 Å². The highest BCUT2D eigenvalue weighted by Crippen LogP contribution is 2.22. The van der Waals surface area contributed by atoms with Gasteiger partial charge in [-0.2, -0.15) is 0 Å². The fourth-order valence-electron chi connectivity index (χ4n) is 2.67. The van der Waals surface area contributed by atoms with Crippen molar-refractivity contribution >= 4 is 5.97 Å². The van der Waals surface area contributed by atoms with Gasteiger partial charge in [-0.3, -0.25) is 4.48 Å². The van der Waals surface area contributed by atoms with E-state index in [1.165, 1.54) is 11.6 Å². The highest BCUT2D eigenvalue weighted by molar-refractivity contribution is 5.81. The van der Waals surface area contributed by atoms with E-state index in [-0.39, 0.29) is 24.6 Å². The molecule has 0 heterocycles. The van der Waals surface area contributed by atoms with Gasteiger partial charge >= 0.3 is 5.97 Å². The van der Waals surface area contributed by atoms with Crippen LogP contribution in [0, 0.1) is 0 Å². The molecule has 3 nitrogen and oxygen atoms in total. The smallest absolute Gasteiger partial charge is 0.334 e. The summed E-state index contributed by atoms with van der Waals surface area (Å²) in [5.74, 6) is -0.339. The first kappa shape index (κ1) is 19.7. The Kier molecular flexibility index (Phi) is 8.98. The molecule has 0 aliphatic carbocycles. The van der Waals surface area contributed by atoms with Crippen molar-refractivity contribution in [1.82, 2.24) is 0 Å². The third-order valence-electron chi connectivity index (χ3n) is 3.98. The van der Waals surface area contributed by atoms with Crippen LogP contribution in [0.15, 0.2) is 43.0 Å². The Morgan fingerprint density at radius 2 is 1.81 bits per heavy atom. The number of hydrogen-bond donors (Lipinski definition) is 0. The largest absolute Gasteiger partial charge is 1.00 e. The van der Waals surface area contributed by atoms with Crippen molar-refractivity contribution < 1.29 is 26.4 Å². The zero-order valence-electron chi connectivity index (χ0n) is 13.2. The van der Waals surface area contributed by atoms with Crippen LogP contribution in [0.25, 0.3) is 0 Å². The summed E-state index contributed by atoms with van der Waals surface area (Å²) in [5, 5.41) is 0. The van der Waals surface area contributed by atoms with Crippen molar-refractivity contribution in [3.05, 3.63) is 48.6 Å². The number of carbonyl (C=O) groups is 1. The number of benzene rings is 1. The Morgan fingerprint density at radius 1 is 1.24 bits per heavy atom. The number of ether oxygens (including phenoxy) is 1. The quantitative estimate of drug-likeness (QED) is 0.303. The summed E-state index contributed by atoms with van der Waals surface area (Å²) in [7, 11) is 0. The average molecular weight is 312 g/mol. The van der Waals surface area contributed by atoms with Gasteiger partial charge in [-0.15, -0.1) is 0 Å². The van der Waals surface area contributed by atoms with E-state index in [1.807, 2.05) is 18.2 Å². The van der Waals surface area contributed by atoms with E-state index in [1.54, 1.807) is 0 Å². The van der Waals surface area contributed by atoms with Crippen LogP contribution in [0.4, 0.5) is 0 Å². The third kappa shape index (κ3) is 5.18. The fraction of sp³-hybridized carbons (Fsp3) is 0.471. The second-order valence-electron chi connectivity index (χ2n) is 5.00. The Hall–Kier alpha value is -1.32. The summed E-state index contributed by atoms with van der Waals surface area (Å²) in [5.41, 5.74) is 1.27. The summed E-state index contributed by atoms with van der Waals surface area (Å²) >= 11 is 0. The van der Waals surface area contributed by atoms with Gasteiger partial charge < -0.3 is 17.1 Å². The molecule has 0 fully saturated rings. The number of halogens is 1. The standard InChI is InChI=1S/C17H26NO2.ClH/c1-5-16(20-17(19)6-2)18(7-3,8-4)14-15-12-10-9-11-13-15;/h6,9-13,16H,2,5,7-8,14H2,1,3-4H3;1H/q+1;/p-1. The molecule has 1 aromatic rings. The van der Waals surface area contributed by atoms with Crippen molar-refractivity contribution in [3.63, 3.8) is 0 Å². The molecule has 21 heavy (non-hydrogen) atoms. The molecule has 0 saturated heterocycles. The predicted octanol–water partition coefficient (Wildman–Crippen LogP) is 0.513. The topological polar surface area (TPSA) is 26.3 Å². The Morgan fingerprint density at radius 3 is 2.24 bits per heavy atom. The van der Waals surface area contributed by atoms with Gasteiger partial charge in [0, 0.05) is 18.1 Å². The fourth-order valence-corrected chi connectivity index (χ4v) is 2.67. The lowest BCUT2D eigenvalue weighted by molar-refractivity contribution is -0.978. The van der Waals surface area contributed by atoms with Gasteiger partial charge in [-0.05, 0) is 13.8 Å². The molecule has 1 aromatic carbocycles. The van der Waals surface area contributed by atoms with Gasteiger partial charge in [0.1, 0.15) is 6.54 Å². The highest BCUT2D eigenvalue weighted by atomic mass is 35.5. The molecule has 1 atom stereocenters. The Balaban J connectivity index is 0.00000400. The number of hydrogen-bond acceptors (Lipinski definition) is 2. The van der Waals surface area contributed by atoms with Crippen molar-refractivity contribution in [2.75, 3.05) is 13.1 Å². The van der Waals surface area contributed by atoms with E-state index in [0.29, 0.717) is 0 Å². The molecule has 0 aliphatic heterocycles. The van der Waals surface area contributed by atoms with Crippen LogP contribution in [0.1, 0.15) is 32.8 Å². The minimum Gasteiger partial charge on any atom is -1.00 e. The molecule has 0 saturated carbocycles. The van der Waals surface area contributed by atoms with Crippen LogP contribution in [0.3, 0.4) is 0 Å². The van der Waals surface area contributed by atoms with Crippen molar-refractivity contribution in [1.29, 1.82) is 0 Å². The minimum absolute atomic E-state index is 0. The number of quaternary nitrogens is 1. The molecule has 0 radical (unpaired) electrons. The molecular formula is C17H26ClNO2. The molecule has 0 aliphatic rings. The maximum absolute atomic E-state index is 11.6. The van der Waals surface area contributed by atoms with E-state index in [0.717, 1.165) is 30.5 Å². The van der Waals surface area contributed by atoms with E-state index in [9.17, 15) is 4.79 Å². The summed E-state index contributed by atoms with van der Waals surface area (Å²) in [4.78, 5) is 11.6. The predicted molar refractivity (Wildman–Crippen MR) is 81.9 cm³/mol. The number of nitrogens with zero attached hydrogens (tertiary/aromatic N) is 1. The van der Waals surface area contributed by atoms with Gasteiger partial charge in [0.25, 0.3) is 0 Å². The zero-order chi connectivity index (χ0) is 15.0. The van der Waals surface area contributed by atoms with Crippen LogP contribution in [-0.4, -0.2) is 29.8 Å². The van der Waals surface area contributed by atoms with Gasteiger partial charge in [-0.1, -0.05) is 43.8 Å². The van der Waals surface area contributed by atoms with Crippen LogP contribution in [0.5, 0.6) is 0 Å². The molecule has 1 rings (SSSR count). The van der Waals surface area contributed by atoms with Gasteiger partial charge in [0.05, 0.1) is 13.1 Å². The summed E-state index contributed by atoms with van der Waals surface area (Å²) < 4.78 is 6.33. The van der Waals surface area contributed by atoms with Crippen molar-refractivity contribution in [2.24, 2.45) is 0 Å². The number of rotatable bonds is 8. The number of esters is 1. The monoisotopic (exact) mass is 311 g/mol. The van der Waals surface area contributed by atoms with Crippen LogP contribution in [0.2, 0.25) is 0 Å². The van der Waals surface area contributed by atoms with Crippen molar-refractivity contribution in [2.45, 2.75) is 40.0 Å². The second-order valence-corrected chi connectivity index (χ2v) is 5.00. The van der Waals surface area contributed by atoms with E-state index >= 15 is 0 Å². The molecule has 1 unspecified atom stereocenters. The molecule has 4 heteroatoms. The molecule has 0 spiro atoms. The minimum atomic E-state index is -0.339. The summed E-state index contributed by atoms with van der Waals surface area (Å²) in [6, 6.07) is 10.4. The van der Waals surface area contributed by atoms with Gasteiger partial charge in [-0.25, -0.2) is 4.79 Å². The SMILES string of the molecule is C=CC(=O)OC(CC)[N+](CC)(CC)Cc1ccccc1.[Cl-]. The first-order chi connectivity index (χ1) is 9.61.